The third-order valence-electron chi connectivity index (χ3n) is 4.03. The largest absolute Gasteiger partial charge is 0.346 e. The van der Waals surface area contributed by atoms with Crippen molar-refractivity contribution in [2.75, 3.05) is 4.90 Å². The molecule has 4 nitrogen and oxygen atoms in total. The molecule has 0 unspecified atom stereocenters. The summed E-state index contributed by atoms with van der Waals surface area (Å²) in [5.74, 6) is 0. The van der Waals surface area contributed by atoms with E-state index in [1.165, 1.54) is 0 Å². The van der Waals surface area contributed by atoms with E-state index >= 15 is 0 Å². The van der Waals surface area contributed by atoms with Crippen molar-refractivity contribution < 1.29 is 4.79 Å². The van der Waals surface area contributed by atoms with Crippen molar-refractivity contribution in [1.82, 2.24) is 5.43 Å². The first kappa shape index (κ1) is 16.5. The monoisotopic (exact) mass is 341 g/mol. The zero-order chi connectivity index (χ0) is 16.9. The number of rotatable bonds is 5. The summed E-state index contributed by atoms with van der Waals surface area (Å²) in [5, 5.41) is 4.95. The molecule has 0 aromatic heterocycles. The molecule has 0 fully saturated rings. The summed E-state index contributed by atoms with van der Waals surface area (Å²) in [5.41, 5.74) is 6.10. The zero-order valence-corrected chi connectivity index (χ0v) is 14.4. The normalized spacial score (nSPS) is 13.8. The van der Waals surface area contributed by atoms with Crippen molar-refractivity contribution in [2.24, 2.45) is 5.10 Å². The van der Waals surface area contributed by atoms with E-state index in [4.69, 9.17) is 11.6 Å². The summed E-state index contributed by atoms with van der Waals surface area (Å²) in [4.78, 5) is 14.3. The van der Waals surface area contributed by atoms with Gasteiger partial charge in [-0.1, -0.05) is 55.6 Å². The average Bonchev–Trinajstić information content (AvgIpc) is 2.72. The van der Waals surface area contributed by atoms with E-state index < -0.39 is 0 Å². The Morgan fingerprint density at radius 1 is 1.12 bits per heavy atom. The molecular formula is C19H20ClN3O. The van der Waals surface area contributed by atoms with E-state index in [9.17, 15) is 4.79 Å². The fourth-order valence-electron chi connectivity index (χ4n) is 2.85. The molecule has 124 valence electrons. The first-order chi connectivity index (χ1) is 11.7. The number of amides is 2. The lowest BCUT2D eigenvalue weighted by atomic mass is 10.0. The van der Waals surface area contributed by atoms with Gasteiger partial charge in [0, 0.05) is 10.6 Å². The predicted octanol–water partition coefficient (Wildman–Crippen LogP) is 5.49. The number of fused-ring (bicyclic) bond motifs is 1. The van der Waals surface area contributed by atoms with Crippen LogP contribution in [0.3, 0.4) is 0 Å². The number of unbranched alkanes of at least 4 members (excludes halogenated alkanes) is 2. The fourth-order valence-corrected chi connectivity index (χ4v) is 3.04. The van der Waals surface area contributed by atoms with Crippen LogP contribution in [0.2, 0.25) is 5.02 Å². The summed E-state index contributed by atoms with van der Waals surface area (Å²) >= 11 is 6.11. The second-order valence-corrected chi connectivity index (χ2v) is 6.20. The highest BCUT2D eigenvalue weighted by Gasteiger charge is 2.25. The van der Waals surface area contributed by atoms with Crippen LogP contribution in [0, 0.1) is 0 Å². The molecule has 2 amide bonds. The number of halogens is 1. The number of urea groups is 1. The second kappa shape index (κ2) is 7.49. The maximum absolute atomic E-state index is 12.6. The maximum Gasteiger partial charge on any atom is 0.346 e. The van der Waals surface area contributed by atoms with Crippen molar-refractivity contribution in [3.63, 3.8) is 0 Å². The van der Waals surface area contributed by atoms with Gasteiger partial charge in [-0.2, -0.15) is 5.10 Å². The van der Waals surface area contributed by atoms with Gasteiger partial charge < -0.3 is 0 Å². The van der Waals surface area contributed by atoms with Crippen LogP contribution in [0.25, 0.3) is 0 Å². The molecule has 1 heterocycles. The fraction of sp³-hybridized carbons (Fsp3) is 0.263. The summed E-state index contributed by atoms with van der Waals surface area (Å²) in [6.45, 7) is 2.17. The Kier molecular flexibility index (Phi) is 5.16. The number of hydrogen-bond acceptors (Lipinski definition) is 2. The minimum absolute atomic E-state index is 0.282. The molecule has 24 heavy (non-hydrogen) atoms. The van der Waals surface area contributed by atoms with Gasteiger partial charge in [0.25, 0.3) is 0 Å². The first-order valence-electron chi connectivity index (χ1n) is 8.22. The molecule has 5 heteroatoms. The molecule has 0 atom stereocenters. The Labute approximate surface area is 147 Å². The number of benzene rings is 2. The molecule has 1 aliphatic heterocycles. The van der Waals surface area contributed by atoms with Gasteiger partial charge in [0.1, 0.15) is 0 Å². The molecule has 0 spiro atoms. The Balaban J connectivity index is 2.02. The van der Waals surface area contributed by atoms with Gasteiger partial charge in [-0.15, -0.1) is 0 Å². The van der Waals surface area contributed by atoms with E-state index in [2.05, 4.69) is 17.5 Å². The van der Waals surface area contributed by atoms with E-state index in [0.717, 1.165) is 48.3 Å². The lowest BCUT2D eigenvalue weighted by Gasteiger charge is -2.22. The molecule has 0 saturated heterocycles. The Bertz CT molecular complexity index is 773. The minimum Gasteiger partial charge on any atom is -0.261 e. The number of hydrazone groups is 1. The standard InChI is InChI=1S/C19H20ClN3O/c1-2-3-4-11-17-16-10-5-6-12-18(16)23(19(24)22-21-17)15-9-7-8-14(20)13-15/h5-10,12-13H,2-4,11H2,1H3,(H,22,24). The van der Waals surface area contributed by atoms with Gasteiger partial charge in [-0.05, 0) is 37.1 Å². The van der Waals surface area contributed by atoms with Crippen LogP contribution in [0.1, 0.15) is 38.2 Å². The third-order valence-corrected chi connectivity index (χ3v) is 4.26. The van der Waals surface area contributed by atoms with E-state index in [1.54, 1.807) is 17.0 Å². The molecule has 0 bridgehead atoms. The van der Waals surface area contributed by atoms with Gasteiger partial charge >= 0.3 is 6.03 Å². The average molecular weight is 342 g/mol. The molecule has 2 aromatic rings. The second-order valence-electron chi connectivity index (χ2n) is 5.76. The Hall–Kier alpha value is -2.33. The van der Waals surface area contributed by atoms with Gasteiger partial charge in [0.2, 0.25) is 0 Å². The number of carbonyl (C=O) groups excluding carboxylic acids is 1. The van der Waals surface area contributed by atoms with Crippen LogP contribution in [0.5, 0.6) is 0 Å². The third kappa shape index (κ3) is 3.44. The van der Waals surface area contributed by atoms with Crippen molar-refractivity contribution >= 4 is 34.7 Å². The molecule has 0 radical (unpaired) electrons. The lowest BCUT2D eigenvalue weighted by Crippen LogP contribution is -2.33. The van der Waals surface area contributed by atoms with Crippen LogP contribution in [-0.4, -0.2) is 11.7 Å². The van der Waals surface area contributed by atoms with Crippen molar-refractivity contribution in [1.29, 1.82) is 0 Å². The summed E-state index contributed by atoms with van der Waals surface area (Å²) in [6, 6.07) is 14.8. The quantitative estimate of drug-likeness (QED) is 0.718. The molecule has 3 rings (SSSR count). The predicted molar refractivity (Wildman–Crippen MR) is 99.2 cm³/mol. The molecule has 1 N–H and O–H groups in total. The highest BCUT2D eigenvalue weighted by molar-refractivity contribution is 6.31. The molecular weight excluding hydrogens is 322 g/mol. The topological polar surface area (TPSA) is 44.7 Å². The Morgan fingerprint density at radius 3 is 2.75 bits per heavy atom. The van der Waals surface area contributed by atoms with Crippen LogP contribution >= 0.6 is 11.6 Å². The summed E-state index contributed by atoms with van der Waals surface area (Å²) in [7, 11) is 0. The number of anilines is 2. The number of hydrogen-bond donors (Lipinski definition) is 1. The zero-order valence-electron chi connectivity index (χ0n) is 13.6. The SMILES string of the molecule is CCCCCC1=NNC(=O)N(c2cccc(Cl)c2)c2ccccc21. The number of nitrogens with zero attached hydrogens (tertiary/aromatic N) is 2. The molecule has 2 aromatic carbocycles. The highest BCUT2D eigenvalue weighted by Crippen LogP contribution is 2.32. The smallest absolute Gasteiger partial charge is 0.261 e. The summed E-state index contributed by atoms with van der Waals surface area (Å²) in [6.07, 6.45) is 4.19. The van der Waals surface area contributed by atoms with Crippen molar-refractivity contribution in [3.05, 3.63) is 59.1 Å². The molecule has 0 aliphatic carbocycles. The number of nitrogens with one attached hydrogen (secondary N) is 1. The van der Waals surface area contributed by atoms with E-state index in [1.807, 2.05) is 36.4 Å². The van der Waals surface area contributed by atoms with Gasteiger partial charge in [0.05, 0.1) is 17.1 Å². The van der Waals surface area contributed by atoms with Gasteiger partial charge in [-0.3, -0.25) is 4.90 Å². The van der Waals surface area contributed by atoms with Crippen LogP contribution in [0.4, 0.5) is 16.2 Å². The minimum atomic E-state index is -0.282. The number of carbonyl (C=O) groups is 1. The van der Waals surface area contributed by atoms with E-state index in [0.29, 0.717) is 5.02 Å². The van der Waals surface area contributed by atoms with Crippen molar-refractivity contribution in [3.8, 4) is 0 Å². The van der Waals surface area contributed by atoms with Gasteiger partial charge in [-0.25, -0.2) is 10.2 Å². The van der Waals surface area contributed by atoms with Crippen LogP contribution in [-0.2, 0) is 0 Å². The molecule has 1 aliphatic rings. The summed E-state index contributed by atoms with van der Waals surface area (Å²) < 4.78 is 0. The maximum atomic E-state index is 12.6. The first-order valence-corrected chi connectivity index (χ1v) is 8.60. The van der Waals surface area contributed by atoms with E-state index in [-0.39, 0.29) is 6.03 Å². The number of para-hydroxylation sites is 1. The highest BCUT2D eigenvalue weighted by atomic mass is 35.5. The van der Waals surface area contributed by atoms with Crippen molar-refractivity contribution in [2.45, 2.75) is 32.6 Å². The van der Waals surface area contributed by atoms with Gasteiger partial charge in [0.15, 0.2) is 0 Å². The lowest BCUT2D eigenvalue weighted by molar-refractivity contribution is 0.249. The van der Waals surface area contributed by atoms with Crippen LogP contribution in [0.15, 0.2) is 53.6 Å². The van der Waals surface area contributed by atoms with Crippen LogP contribution < -0.4 is 10.3 Å². The Morgan fingerprint density at radius 2 is 1.96 bits per heavy atom. The molecule has 0 saturated carbocycles.